The topological polar surface area (TPSA) is 64.6 Å². The zero-order valence-electron chi connectivity index (χ0n) is 10.7. The van der Waals surface area contributed by atoms with Crippen LogP contribution < -0.4 is 0 Å². The molecule has 1 aliphatic heterocycles. The third-order valence-corrected chi connectivity index (χ3v) is 3.22. The predicted octanol–water partition coefficient (Wildman–Crippen LogP) is 1.64. The van der Waals surface area contributed by atoms with Crippen molar-refractivity contribution in [2.45, 2.75) is 18.9 Å². The smallest absolute Gasteiger partial charge is 0.409 e. The van der Waals surface area contributed by atoms with Gasteiger partial charge in [-0.25, -0.2) is 14.8 Å². The first-order valence-corrected chi connectivity index (χ1v) is 6.90. The minimum atomic E-state index is -0.326. The molecular weight excluding hydrogens is 314 g/mol. The van der Waals surface area contributed by atoms with Crippen LogP contribution in [0, 0.1) is 0 Å². The first-order valence-electron chi connectivity index (χ1n) is 6.11. The van der Waals surface area contributed by atoms with Gasteiger partial charge >= 0.3 is 6.09 Å². The van der Waals surface area contributed by atoms with Crippen molar-refractivity contribution in [3.8, 4) is 0 Å². The number of hydrogen-bond acceptors (Lipinski definition) is 5. The van der Waals surface area contributed by atoms with Crippen LogP contribution in [0.5, 0.6) is 0 Å². The van der Waals surface area contributed by atoms with Crippen molar-refractivity contribution in [3.63, 3.8) is 0 Å². The van der Waals surface area contributed by atoms with Gasteiger partial charge in [0.1, 0.15) is 11.9 Å². The number of carbonyl (C=O) groups is 1. The van der Waals surface area contributed by atoms with Gasteiger partial charge in [0, 0.05) is 38.8 Å². The van der Waals surface area contributed by atoms with Crippen molar-refractivity contribution >= 4 is 22.0 Å². The molecule has 1 atom stereocenters. The van der Waals surface area contributed by atoms with Gasteiger partial charge in [-0.15, -0.1) is 0 Å². The quantitative estimate of drug-likeness (QED) is 0.840. The second-order valence-corrected chi connectivity index (χ2v) is 5.27. The Morgan fingerprint density at radius 1 is 1.58 bits per heavy atom. The first kappa shape index (κ1) is 14.2. The molecule has 1 amide bonds. The summed E-state index contributed by atoms with van der Waals surface area (Å²) in [6.07, 6.45) is 4.31. The summed E-state index contributed by atoms with van der Waals surface area (Å²) in [7, 11) is 1.71. The largest absolute Gasteiger partial charge is 0.444 e. The first-order chi connectivity index (χ1) is 9.15. The standard InChI is InChI=1S/C12H16BrN3O3/c1-16(12(17)19-10-3-5-18-8-10)4-2-11-14-6-9(13)7-15-11/h6-7,10H,2-5,8H2,1H3. The summed E-state index contributed by atoms with van der Waals surface area (Å²) in [5, 5.41) is 0. The fourth-order valence-corrected chi connectivity index (χ4v) is 1.87. The molecule has 2 rings (SSSR count). The van der Waals surface area contributed by atoms with Crippen molar-refractivity contribution in [1.82, 2.24) is 14.9 Å². The van der Waals surface area contributed by atoms with Crippen LogP contribution in [0.4, 0.5) is 4.79 Å². The summed E-state index contributed by atoms with van der Waals surface area (Å²) in [6.45, 7) is 1.68. The van der Waals surface area contributed by atoms with Crippen molar-refractivity contribution in [2.24, 2.45) is 0 Å². The normalized spacial score (nSPS) is 18.3. The Hall–Kier alpha value is -1.21. The molecule has 0 radical (unpaired) electrons. The van der Waals surface area contributed by atoms with E-state index in [0.29, 0.717) is 32.0 Å². The van der Waals surface area contributed by atoms with Gasteiger partial charge in [0.15, 0.2) is 0 Å². The molecule has 104 valence electrons. The summed E-state index contributed by atoms with van der Waals surface area (Å²) in [5.74, 6) is 0.701. The molecular formula is C12H16BrN3O3. The number of ether oxygens (including phenoxy) is 2. The minimum absolute atomic E-state index is 0.112. The van der Waals surface area contributed by atoms with Gasteiger partial charge in [0.05, 0.1) is 17.7 Å². The second-order valence-electron chi connectivity index (χ2n) is 4.36. The molecule has 0 aliphatic carbocycles. The summed E-state index contributed by atoms with van der Waals surface area (Å²) in [6, 6.07) is 0. The summed E-state index contributed by atoms with van der Waals surface area (Å²) < 4.78 is 11.3. The maximum atomic E-state index is 11.8. The van der Waals surface area contributed by atoms with E-state index in [1.807, 2.05) is 0 Å². The van der Waals surface area contributed by atoms with Gasteiger partial charge in [-0.05, 0) is 15.9 Å². The molecule has 1 aliphatic rings. The van der Waals surface area contributed by atoms with E-state index >= 15 is 0 Å². The van der Waals surface area contributed by atoms with E-state index < -0.39 is 0 Å². The number of likely N-dealkylation sites (N-methyl/N-ethyl adjacent to an activating group) is 1. The average molecular weight is 330 g/mol. The molecule has 1 aromatic heterocycles. The van der Waals surface area contributed by atoms with Crippen LogP contribution >= 0.6 is 15.9 Å². The van der Waals surface area contributed by atoms with E-state index in [1.54, 1.807) is 19.4 Å². The number of hydrogen-bond donors (Lipinski definition) is 0. The molecule has 1 saturated heterocycles. The number of carbonyl (C=O) groups excluding carboxylic acids is 1. The Morgan fingerprint density at radius 3 is 2.95 bits per heavy atom. The lowest BCUT2D eigenvalue weighted by Crippen LogP contribution is -2.33. The molecule has 0 spiro atoms. The maximum absolute atomic E-state index is 11.8. The zero-order chi connectivity index (χ0) is 13.7. The van der Waals surface area contributed by atoms with Crippen LogP contribution in [0.25, 0.3) is 0 Å². The predicted molar refractivity (Wildman–Crippen MR) is 71.8 cm³/mol. The monoisotopic (exact) mass is 329 g/mol. The van der Waals surface area contributed by atoms with E-state index in [4.69, 9.17) is 9.47 Å². The van der Waals surface area contributed by atoms with Gasteiger partial charge in [0.25, 0.3) is 0 Å². The number of nitrogens with zero attached hydrogens (tertiary/aromatic N) is 3. The lowest BCUT2D eigenvalue weighted by Gasteiger charge is -2.18. The molecule has 6 nitrogen and oxygen atoms in total. The molecule has 19 heavy (non-hydrogen) atoms. The van der Waals surface area contributed by atoms with Crippen LogP contribution in [0.3, 0.4) is 0 Å². The zero-order valence-corrected chi connectivity index (χ0v) is 12.3. The van der Waals surface area contributed by atoms with Gasteiger partial charge in [0.2, 0.25) is 0 Å². The van der Waals surface area contributed by atoms with E-state index in [-0.39, 0.29) is 12.2 Å². The van der Waals surface area contributed by atoms with Crippen molar-refractivity contribution in [1.29, 1.82) is 0 Å². The molecule has 0 N–H and O–H groups in total. The highest BCUT2D eigenvalue weighted by Crippen LogP contribution is 2.10. The molecule has 0 aromatic carbocycles. The summed E-state index contributed by atoms with van der Waals surface area (Å²) >= 11 is 3.28. The highest BCUT2D eigenvalue weighted by molar-refractivity contribution is 9.10. The number of amides is 1. The highest BCUT2D eigenvalue weighted by atomic mass is 79.9. The van der Waals surface area contributed by atoms with Gasteiger partial charge in [-0.3, -0.25) is 0 Å². The van der Waals surface area contributed by atoms with E-state index in [0.717, 1.165) is 10.9 Å². The lowest BCUT2D eigenvalue weighted by atomic mass is 10.3. The van der Waals surface area contributed by atoms with Crippen LogP contribution in [0.2, 0.25) is 0 Å². The van der Waals surface area contributed by atoms with Crippen LogP contribution in [-0.4, -0.2) is 53.9 Å². The maximum Gasteiger partial charge on any atom is 0.409 e. The third-order valence-electron chi connectivity index (χ3n) is 2.81. The van der Waals surface area contributed by atoms with Gasteiger partial charge in [-0.1, -0.05) is 0 Å². The minimum Gasteiger partial charge on any atom is -0.444 e. The SMILES string of the molecule is CN(CCc1ncc(Br)cn1)C(=O)OC1CCOC1. The van der Waals surface area contributed by atoms with E-state index in [2.05, 4.69) is 25.9 Å². The van der Waals surface area contributed by atoms with Crippen LogP contribution in [0.15, 0.2) is 16.9 Å². The van der Waals surface area contributed by atoms with E-state index in [1.165, 1.54) is 4.90 Å². The summed E-state index contributed by atoms with van der Waals surface area (Å²) in [4.78, 5) is 21.6. The number of aromatic nitrogens is 2. The molecule has 1 aromatic rings. The Kier molecular flexibility index (Phi) is 5.09. The van der Waals surface area contributed by atoms with E-state index in [9.17, 15) is 4.79 Å². The van der Waals surface area contributed by atoms with Crippen molar-refractivity contribution < 1.29 is 14.3 Å². The van der Waals surface area contributed by atoms with Crippen molar-refractivity contribution in [3.05, 3.63) is 22.7 Å². The molecule has 1 fully saturated rings. The molecule has 0 saturated carbocycles. The molecule has 1 unspecified atom stereocenters. The third kappa shape index (κ3) is 4.43. The van der Waals surface area contributed by atoms with Crippen LogP contribution in [-0.2, 0) is 15.9 Å². The highest BCUT2D eigenvalue weighted by Gasteiger charge is 2.21. The Morgan fingerprint density at radius 2 is 2.32 bits per heavy atom. The van der Waals surface area contributed by atoms with Crippen molar-refractivity contribution in [2.75, 3.05) is 26.8 Å². The molecule has 2 heterocycles. The Bertz CT molecular complexity index is 421. The fourth-order valence-electron chi connectivity index (χ4n) is 1.67. The average Bonchev–Trinajstić information content (AvgIpc) is 2.90. The Balaban J connectivity index is 1.75. The van der Waals surface area contributed by atoms with Gasteiger partial charge < -0.3 is 14.4 Å². The second kappa shape index (κ2) is 6.81. The van der Waals surface area contributed by atoms with Gasteiger partial charge in [-0.2, -0.15) is 0 Å². The fraction of sp³-hybridized carbons (Fsp3) is 0.583. The number of halogens is 1. The summed E-state index contributed by atoms with van der Waals surface area (Å²) in [5.41, 5.74) is 0. The Labute approximate surface area is 120 Å². The molecule has 0 bridgehead atoms. The molecule has 7 heteroatoms. The lowest BCUT2D eigenvalue weighted by molar-refractivity contribution is 0.0602. The van der Waals surface area contributed by atoms with Crippen LogP contribution in [0.1, 0.15) is 12.2 Å². The number of rotatable bonds is 4.